The maximum absolute atomic E-state index is 9.27. The van der Waals surface area contributed by atoms with Crippen molar-refractivity contribution in [1.82, 2.24) is 0 Å². The number of aliphatic hydroxyl groups excluding tert-OH is 1. The lowest BCUT2D eigenvalue weighted by Gasteiger charge is -2.42. The second-order valence-electron chi connectivity index (χ2n) is 4.64. The minimum absolute atomic E-state index is 0.258. The van der Waals surface area contributed by atoms with E-state index in [-0.39, 0.29) is 5.41 Å². The Morgan fingerprint density at radius 3 is 2.58 bits per heavy atom. The molecule has 70 valence electrons. The Bertz CT molecular complexity index is 191. The van der Waals surface area contributed by atoms with Gasteiger partial charge in [-0.2, -0.15) is 0 Å². The fourth-order valence-corrected chi connectivity index (χ4v) is 2.12. The van der Waals surface area contributed by atoms with Gasteiger partial charge in [0.2, 0.25) is 0 Å². The van der Waals surface area contributed by atoms with Crippen LogP contribution in [0, 0.1) is 17.3 Å². The first-order valence-electron chi connectivity index (χ1n) is 4.77. The summed E-state index contributed by atoms with van der Waals surface area (Å²) in [5, 5.41) is 9.27. The monoisotopic (exact) mass is 168 g/mol. The summed E-state index contributed by atoms with van der Waals surface area (Å²) in [5.41, 5.74) is 1.62. The van der Waals surface area contributed by atoms with Crippen LogP contribution in [-0.4, -0.2) is 11.7 Å². The van der Waals surface area contributed by atoms with Gasteiger partial charge in [0.05, 0.1) is 6.61 Å². The predicted octanol–water partition coefficient (Wildman–Crippen LogP) is 2.61. The van der Waals surface area contributed by atoms with Gasteiger partial charge >= 0.3 is 0 Å². The molecule has 1 nitrogen and oxygen atoms in total. The third-order valence-electron chi connectivity index (χ3n) is 3.69. The highest BCUT2D eigenvalue weighted by atomic mass is 16.3. The van der Waals surface area contributed by atoms with E-state index < -0.39 is 0 Å². The van der Waals surface area contributed by atoms with Crippen molar-refractivity contribution in [2.45, 2.75) is 34.1 Å². The summed E-state index contributed by atoms with van der Waals surface area (Å²) in [4.78, 5) is 0. The van der Waals surface area contributed by atoms with Crippen LogP contribution < -0.4 is 0 Å². The molecule has 1 heteroatoms. The summed E-state index contributed by atoms with van der Waals surface area (Å²) in [6.07, 6.45) is 3.44. The van der Waals surface area contributed by atoms with Gasteiger partial charge in [0, 0.05) is 5.92 Å². The van der Waals surface area contributed by atoms with Crippen molar-refractivity contribution in [1.29, 1.82) is 0 Å². The summed E-state index contributed by atoms with van der Waals surface area (Å²) >= 11 is 0. The van der Waals surface area contributed by atoms with Gasteiger partial charge in [0.1, 0.15) is 0 Å². The van der Waals surface area contributed by atoms with E-state index in [2.05, 4.69) is 33.8 Å². The standard InChI is InChI=1S/C11H20O/c1-8-5-6-9(2)11(3,4)10(8)7-12/h5,9-10,12H,6-7H2,1-4H3/t9-,10-/m1/s1. The van der Waals surface area contributed by atoms with Crippen LogP contribution in [-0.2, 0) is 0 Å². The quantitative estimate of drug-likeness (QED) is 0.597. The van der Waals surface area contributed by atoms with E-state index in [9.17, 15) is 5.11 Å². The molecule has 0 saturated carbocycles. The Labute approximate surface area is 75.5 Å². The Balaban J connectivity index is 2.91. The Morgan fingerprint density at radius 2 is 2.17 bits per heavy atom. The largest absolute Gasteiger partial charge is 0.396 e. The molecule has 0 amide bonds. The van der Waals surface area contributed by atoms with E-state index in [0.29, 0.717) is 18.4 Å². The van der Waals surface area contributed by atoms with Gasteiger partial charge in [-0.25, -0.2) is 0 Å². The lowest BCUT2D eigenvalue weighted by Crippen LogP contribution is -2.36. The SMILES string of the molecule is CC1=CC[C@@H](C)C(C)(C)[C@@H]1CO. The molecule has 1 N–H and O–H groups in total. The van der Waals surface area contributed by atoms with E-state index in [4.69, 9.17) is 0 Å². The van der Waals surface area contributed by atoms with E-state index in [0.717, 1.165) is 6.42 Å². The Kier molecular flexibility index (Phi) is 2.62. The lowest BCUT2D eigenvalue weighted by molar-refractivity contribution is 0.0835. The zero-order valence-corrected chi connectivity index (χ0v) is 8.59. The summed E-state index contributed by atoms with van der Waals surface area (Å²) in [6.45, 7) is 9.21. The highest BCUT2D eigenvalue weighted by Gasteiger charge is 2.37. The predicted molar refractivity (Wildman–Crippen MR) is 51.9 cm³/mol. The van der Waals surface area contributed by atoms with Gasteiger partial charge in [-0.1, -0.05) is 32.4 Å². The van der Waals surface area contributed by atoms with Crippen LogP contribution in [0.3, 0.4) is 0 Å². The maximum Gasteiger partial charge on any atom is 0.0501 e. The van der Waals surface area contributed by atoms with Gasteiger partial charge in [0.15, 0.2) is 0 Å². The summed E-state index contributed by atoms with van der Waals surface area (Å²) in [6, 6.07) is 0. The number of allylic oxidation sites excluding steroid dienone is 1. The minimum Gasteiger partial charge on any atom is -0.396 e. The van der Waals surface area contributed by atoms with Crippen LogP contribution in [0.2, 0.25) is 0 Å². The molecule has 0 spiro atoms. The molecule has 0 fully saturated rings. The zero-order valence-electron chi connectivity index (χ0n) is 8.59. The normalized spacial score (nSPS) is 34.6. The fraction of sp³-hybridized carbons (Fsp3) is 0.818. The van der Waals surface area contributed by atoms with E-state index >= 15 is 0 Å². The summed E-state index contributed by atoms with van der Waals surface area (Å²) in [7, 11) is 0. The van der Waals surface area contributed by atoms with Crippen molar-refractivity contribution in [3.05, 3.63) is 11.6 Å². The van der Waals surface area contributed by atoms with Crippen LogP contribution in [0.4, 0.5) is 0 Å². The van der Waals surface area contributed by atoms with Gasteiger partial charge in [0.25, 0.3) is 0 Å². The van der Waals surface area contributed by atoms with E-state index in [1.54, 1.807) is 0 Å². The molecule has 0 unspecified atom stereocenters. The molecule has 0 bridgehead atoms. The molecule has 1 aliphatic rings. The van der Waals surface area contributed by atoms with Crippen LogP contribution >= 0.6 is 0 Å². The average Bonchev–Trinajstić information content (AvgIpc) is 1.98. The summed E-state index contributed by atoms with van der Waals surface area (Å²) < 4.78 is 0. The van der Waals surface area contributed by atoms with E-state index in [1.165, 1.54) is 5.57 Å². The average molecular weight is 168 g/mol. The smallest absolute Gasteiger partial charge is 0.0501 e. The second kappa shape index (κ2) is 3.21. The van der Waals surface area contributed by atoms with Gasteiger partial charge in [-0.05, 0) is 24.7 Å². The van der Waals surface area contributed by atoms with Gasteiger partial charge in [-0.15, -0.1) is 0 Å². The Morgan fingerprint density at radius 1 is 1.58 bits per heavy atom. The number of hydrogen-bond acceptors (Lipinski definition) is 1. The highest BCUT2D eigenvalue weighted by Crippen LogP contribution is 2.44. The number of hydrogen-bond donors (Lipinski definition) is 1. The van der Waals surface area contributed by atoms with Crippen LogP contribution in [0.15, 0.2) is 11.6 Å². The molecule has 1 rings (SSSR count). The number of aliphatic hydroxyl groups is 1. The van der Waals surface area contributed by atoms with Crippen molar-refractivity contribution >= 4 is 0 Å². The third kappa shape index (κ3) is 1.42. The first kappa shape index (κ1) is 9.79. The van der Waals surface area contributed by atoms with Crippen molar-refractivity contribution in [3.63, 3.8) is 0 Å². The molecule has 12 heavy (non-hydrogen) atoms. The van der Waals surface area contributed by atoms with E-state index in [1.807, 2.05) is 0 Å². The van der Waals surface area contributed by atoms with Gasteiger partial charge < -0.3 is 5.11 Å². The lowest BCUT2D eigenvalue weighted by atomic mass is 9.63. The minimum atomic E-state index is 0.258. The molecule has 0 aliphatic heterocycles. The van der Waals surface area contributed by atoms with Crippen molar-refractivity contribution in [2.24, 2.45) is 17.3 Å². The molecular formula is C11H20O. The summed E-state index contributed by atoms with van der Waals surface area (Å²) in [5.74, 6) is 1.04. The molecule has 0 saturated heterocycles. The van der Waals surface area contributed by atoms with Crippen molar-refractivity contribution in [3.8, 4) is 0 Å². The molecule has 0 aromatic rings. The Hall–Kier alpha value is -0.300. The topological polar surface area (TPSA) is 20.2 Å². The van der Waals surface area contributed by atoms with Crippen molar-refractivity contribution in [2.75, 3.05) is 6.61 Å². The molecule has 0 aromatic carbocycles. The number of rotatable bonds is 1. The fourth-order valence-electron chi connectivity index (χ4n) is 2.12. The molecule has 0 radical (unpaired) electrons. The first-order valence-corrected chi connectivity index (χ1v) is 4.77. The molecule has 0 aromatic heterocycles. The van der Waals surface area contributed by atoms with Crippen LogP contribution in [0.1, 0.15) is 34.1 Å². The highest BCUT2D eigenvalue weighted by molar-refractivity contribution is 5.13. The molecule has 2 atom stereocenters. The zero-order chi connectivity index (χ0) is 9.35. The molecule has 1 aliphatic carbocycles. The van der Waals surface area contributed by atoms with Gasteiger partial charge in [-0.3, -0.25) is 0 Å². The second-order valence-corrected chi connectivity index (χ2v) is 4.64. The first-order chi connectivity index (χ1) is 5.50. The van der Waals surface area contributed by atoms with Crippen LogP contribution in [0.5, 0.6) is 0 Å². The third-order valence-corrected chi connectivity index (χ3v) is 3.69. The molecular weight excluding hydrogens is 148 g/mol. The molecule has 0 heterocycles. The van der Waals surface area contributed by atoms with Crippen LogP contribution in [0.25, 0.3) is 0 Å². The maximum atomic E-state index is 9.27. The van der Waals surface area contributed by atoms with Crippen molar-refractivity contribution < 1.29 is 5.11 Å².